The van der Waals surface area contributed by atoms with Gasteiger partial charge in [-0.3, -0.25) is 4.79 Å². The molecule has 0 aliphatic rings. The molecule has 0 radical (unpaired) electrons. The largest absolute Gasteiger partial charge is 0.465 e. The van der Waals surface area contributed by atoms with Crippen molar-refractivity contribution in [2.24, 2.45) is 0 Å². The molecule has 1 N–H and O–H groups in total. The topological polar surface area (TPSA) is 64.6 Å². The van der Waals surface area contributed by atoms with Crippen LogP contribution in [0.15, 0.2) is 18.2 Å². The molecule has 0 spiro atoms. The zero-order chi connectivity index (χ0) is 13.7. The van der Waals surface area contributed by atoms with Crippen LogP contribution in [0, 0.1) is 0 Å². The van der Waals surface area contributed by atoms with Gasteiger partial charge in [-0.05, 0) is 25.1 Å². The monoisotopic (exact) mass is 271 g/mol. The number of nitrogens with one attached hydrogen (secondary N) is 1. The number of amides is 1. The molecule has 1 amide bonds. The van der Waals surface area contributed by atoms with E-state index in [-0.39, 0.29) is 11.5 Å². The third kappa shape index (κ3) is 3.45. The molecule has 1 unspecified atom stereocenters. The number of anilines is 1. The maximum absolute atomic E-state index is 11.7. The Morgan fingerprint density at radius 2 is 2.00 bits per heavy atom. The van der Waals surface area contributed by atoms with Gasteiger partial charge in [-0.2, -0.15) is 0 Å². The molecule has 0 saturated heterocycles. The van der Waals surface area contributed by atoms with E-state index in [0.717, 1.165) is 0 Å². The first-order valence-corrected chi connectivity index (χ1v) is 5.59. The Kier molecular flexibility index (Phi) is 5.12. The molecule has 0 bridgehead atoms. The lowest BCUT2D eigenvalue weighted by molar-refractivity contribution is -0.124. The molecular weight excluding hydrogens is 258 g/mol. The number of rotatable bonds is 4. The van der Waals surface area contributed by atoms with Crippen LogP contribution in [-0.4, -0.2) is 32.2 Å². The van der Waals surface area contributed by atoms with E-state index in [0.29, 0.717) is 10.7 Å². The van der Waals surface area contributed by atoms with Gasteiger partial charge in [-0.25, -0.2) is 4.79 Å². The second kappa shape index (κ2) is 6.37. The third-order valence-corrected chi connectivity index (χ3v) is 2.60. The number of halogens is 1. The molecule has 0 aromatic heterocycles. The summed E-state index contributed by atoms with van der Waals surface area (Å²) < 4.78 is 9.50. The fourth-order valence-electron chi connectivity index (χ4n) is 1.25. The first kappa shape index (κ1) is 14.5. The van der Waals surface area contributed by atoms with Crippen LogP contribution in [0.25, 0.3) is 0 Å². The van der Waals surface area contributed by atoms with Crippen molar-refractivity contribution in [1.29, 1.82) is 0 Å². The second-order valence-electron chi connectivity index (χ2n) is 3.55. The molecule has 0 heterocycles. The van der Waals surface area contributed by atoms with Gasteiger partial charge in [0.2, 0.25) is 0 Å². The van der Waals surface area contributed by atoms with Crippen molar-refractivity contribution in [2.45, 2.75) is 13.0 Å². The van der Waals surface area contributed by atoms with E-state index in [2.05, 4.69) is 10.1 Å². The van der Waals surface area contributed by atoms with Crippen LogP contribution < -0.4 is 5.32 Å². The zero-order valence-corrected chi connectivity index (χ0v) is 11.1. The van der Waals surface area contributed by atoms with Crippen LogP contribution in [0.1, 0.15) is 17.3 Å². The molecule has 0 saturated carbocycles. The average molecular weight is 272 g/mol. The van der Waals surface area contributed by atoms with Crippen LogP contribution in [0.4, 0.5) is 5.69 Å². The van der Waals surface area contributed by atoms with Crippen LogP contribution in [0.3, 0.4) is 0 Å². The Balaban J connectivity index is 3.01. The van der Waals surface area contributed by atoms with Crippen LogP contribution in [0.5, 0.6) is 0 Å². The fourth-order valence-corrected chi connectivity index (χ4v) is 1.42. The van der Waals surface area contributed by atoms with Crippen LogP contribution in [-0.2, 0) is 14.3 Å². The summed E-state index contributed by atoms with van der Waals surface area (Å²) in [6, 6.07) is 4.54. The third-order valence-electron chi connectivity index (χ3n) is 2.37. The highest BCUT2D eigenvalue weighted by atomic mass is 35.5. The minimum absolute atomic E-state index is 0.196. The van der Waals surface area contributed by atoms with Gasteiger partial charge in [0.1, 0.15) is 6.10 Å². The highest BCUT2D eigenvalue weighted by Crippen LogP contribution is 2.21. The van der Waals surface area contributed by atoms with Crippen molar-refractivity contribution in [3.05, 3.63) is 28.8 Å². The van der Waals surface area contributed by atoms with E-state index >= 15 is 0 Å². The van der Waals surface area contributed by atoms with Crippen molar-refractivity contribution >= 4 is 29.2 Å². The van der Waals surface area contributed by atoms with E-state index in [9.17, 15) is 9.59 Å². The summed E-state index contributed by atoms with van der Waals surface area (Å²) in [5.74, 6) is -0.928. The lowest BCUT2D eigenvalue weighted by atomic mass is 10.1. The number of hydrogen-bond acceptors (Lipinski definition) is 4. The van der Waals surface area contributed by atoms with Crippen LogP contribution in [0.2, 0.25) is 5.02 Å². The molecule has 1 rings (SSSR count). The highest BCUT2D eigenvalue weighted by Gasteiger charge is 2.17. The molecule has 6 heteroatoms. The number of ether oxygens (including phenoxy) is 2. The Labute approximate surface area is 110 Å². The Morgan fingerprint density at radius 1 is 1.33 bits per heavy atom. The summed E-state index contributed by atoms with van der Waals surface area (Å²) in [6.45, 7) is 1.60. The maximum atomic E-state index is 11.7. The normalized spacial score (nSPS) is 11.8. The Hall–Kier alpha value is -1.59. The molecule has 5 nitrogen and oxygen atoms in total. The van der Waals surface area contributed by atoms with Crippen molar-refractivity contribution in [3.63, 3.8) is 0 Å². The van der Waals surface area contributed by atoms with Gasteiger partial charge in [0.15, 0.2) is 0 Å². The highest BCUT2D eigenvalue weighted by molar-refractivity contribution is 6.31. The second-order valence-corrected chi connectivity index (χ2v) is 3.99. The number of methoxy groups -OCH3 is 2. The van der Waals surface area contributed by atoms with Crippen molar-refractivity contribution in [3.8, 4) is 0 Å². The van der Waals surface area contributed by atoms with Gasteiger partial charge in [0, 0.05) is 12.1 Å². The lowest BCUT2D eigenvalue weighted by Gasteiger charge is -2.13. The number of esters is 1. The molecule has 1 atom stereocenters. The summed E-state index contributed by atoms with van der Waals surface area (Å²) in [5, 5.41) is 2.96. The van der Waals surface area contributed by atoms with Crippen molar-refractivity contribution in [1.82, 2.24) is 0 Å². The standard InChI is InChI=1S/C12H14ClNO4/c1-7(17-2)11(15)14-10-5-4-8(13)6-9(10)12(16)18-3/h4-7H,1-3H3,(H,14,15). The molecular formula is C12H14ClNO4. The summed E-state index contributed by atoms with van der Waals surface area (Å²) in [6.07, 6.45) is -0.619. The SMILES string of the molecule is COC(=O)c1cc(Cl)ccc1NC(=O)C(C)OC. The summed E-state index contributed by atoms with van der Waals surface area (Å²) in [7, 11) is 2.68. The molecule has 1 aromatic rings. The minimum atomic E-state index is -0.619. The van der Waals surface area contributed by atoms with Gasteiger partial charge >= 0.3 is 5.97 Å². The first-order chi connectivity index (χ1) is 8.49. The molecule has 0 aliphatic heterocycles. The fraction of sp³-hybridized carbons (Fsp3) is 0.333. The Morgan fingerprint density at radius 3 is 2.56 bits per heavy atom. The quantitative estimate of drug-likeness (QED) is 0.852. The van der Waals surface area contributed by atoms with Gasteiger partial charge in [-0.15, -0.1) is 0 Å². The summed E-state index contributed by atoms with van der Waals surface area (Å²) in [4.78, 5) is 23.2. The van der Waals surface area contributed by atoms with Crippen LogP contribution >= 0.6 is 11.6 Å². The molecule has 98 valence electrons. The van der Waals surface area contributed by atoms with Crippen molar-refractivity contribution in [2.75, 3.05) is 19.5 Å². The van der Waals surface area contributed by atoms with E-state index in [1.807, 2.05) is 0 Å². The number of carbonyl (C=O) groups excluding carboxylic acids is 2. The first-order valence-electron chi connectivity index (χ1n) is 5.21. The Bertz CT molecular complexity index is 461. The minimum Gasteiger partial charge on any atom is -0.465 e. The molecule has 0 aliphatic carbocycles. The zero-order valence-electron chi connectivity index (χ0n) is 10.3. The summed E-state index contributed by atoms with van der Waals surface area (Å²) >= 11 is 5.80. The molecule has 18 heavy (non-hydrogen) atoms. The number of carbonyl (C=O) groups is 2. The van der Waals surface area contributed by atoms with Gasteiger partial charge < -0.3 is 14.8 Å². The van der Waals surface area contributed by atoms with Crippen molar-refractivity contribution < 1.29 is 19.1 Å². The number of benzene rings is 1. The lowest BCUT2D eigenvalue weighted by Crippen LogP contribution is -2.27. The average Bonchev–Trinajstić information content (AvgIpc) is 2.38. The maximum Gasteiger partial charge on any atom is 0.340 e. The van der Waals surface area contributed by atoms with Gasteiger partial charge in [-0.1, -0.05) is 11.6 Å². The van der Waals surface area contributed by atoms with Gasteiger partial charge in [0.25, 0.3) is 5.91 Å². The molecule has 0 fully saturated rings. The van der Waals surface area contributed by atoms with E-state index in [1.165, 1.54) is 26.4 Å². The smallest absolute Gasteiger partial charge is 0.340 e. The van der Waals surface area contributed by atoms with E-state index in [1.54, 1.807) is 13.0 Å². The van der Waals surface area contributed by atoms with E-state index in [4.69, 9.17) is 16.3 Å². The van der Waals surface area contributed by atoms with Gasteiger partial charge in [0.05, 0.1) is 18.4 Å². The number of hydrogen-bond donors (Lipinski definition) is 1. The van der Waals surface area contributed by atoms with E-state index < -0.39 is 12.1 Å². The summed E-state index contributed by atoms with van der Waals surface area (Å²) in [5.41, 5.74) is 0.529. The predicted molar refractivity (Wildman–Crippen MR) is 67.9 cm³/mol. The molecule has 1 aromatic carbocycles. The predicted octanol–water partition coefficient (Wildman–Crippen LogP) is 2.10.